The molecule has 3 rings (SSSR count). The monoisotopic (exact) mass is 299 g/mol. The molecule has 1 aromatic carbocycles. The van der Waals surface area contributed by atoms with Crippen LogP contribution in [0.1, 0.15) is 30.4 Å². The summed E-state index contributed by atoms with van der Waals surface area (Å²) >= 11 is 0. The zero-order valence-corrected chi connectivity index (χ0v) is 12.5. The van der Waals surface area contributed by atoms with Crippen LogP contribution < -0.4 is 10.6 Å². The smallest absolute Gasteiger partial charge is 0.221 e. The summed E-state index contributed by atoms with van der Waals surface area (Å²) in [6.45, 7) is 2.32. The first-order valence-corrected chi connectivity index (χ1v) is 7.70. The first kappa shape index (κ1) is 14.7. The molecule has 22 heavy (non-hydrogen) atoms. The van der Waals surface area contributed by atoms with Crippen LogP contribution in [-0.4, -0.2) is 33.3 Å². The molecule has 1 atom stereocenters. The maximum absolute atomic E-state index is 11.9. The Morgan fingerprint density at radius 2 is 2.14 bits per heavy atom. The molecule has 1 aromatic heterocycles. The predicted molar refractivity (Wildman–Crippen MR) is 83.1 cm³/mol. The molecular formula is C16H21N5O. The van der Waals surface area contributed by atoms with Gasteiger partial charge in [0.1, 0.15) is 12.7 Å². The second-order valence-electron chi connectivity index (χ2n) is 5.68. The molecule has 1 saturated heterocycles. The zero-order chi connectivity index (χ0) is 15.2. The van der Waals surface area contributed by atoms with E-state index in [0.717, 1.165) is 24.1 Å². The van der Waals surface area contributed by atoms with Crippen molar-refractivity contribution < 1.29 is 4.79 Å². The third-order valence-corrected chi connectivity index (χ3v) is 3.92. The molecule has 0 spiro atoms. The van der Waals surface area contributed by atoms with Gasteiger partial charge in [-0.15, -0.1) is 0 Å². The van der Waals surface area contributed by atoms with Gasteiger partial charge in [0.05, 0.1) is 6.54 Å². The highest BCUT2D eigenvalue weighted by Gasteiger charge is 2.17. The molecule has 1 aliphatic rings. The Bertz CT molecular complexity index is 588. The van der Waals surface area contributed by atoms with Crippen LogP contribution in [0.5, 0.6) is 0 Å². The molecule has 6 nitrogen and oxygen atoms in total. The molecule has 1 unspecified atom stereocenters. The summed E-state index contributed by atoms with van der Waals surface area (Å²) in [5.41, 5.74) is 2.27. The Kier molecular flexibility index (Phi) is 4.80. The Balaban J connectivity index is 1.45. The summed E-state index contributed by atoms with van der Waals surface area (Å²) in [7, 11) is 0. The summed E-state index contributed by atoms with van der Waals surface area (Å²) in [5.74, 6) is 0.117. The molecule has 1 fully saturated rings. The van der Waals surface area contributed by atoms with Gasteiger partial charge in [-0.25, -0.2) is 9.67 Å². The van der Waals surface area contributed by atoms with E-state index in [-0.39, 0.29) is 5.91 Å². The van der Waals surface area contributed by atoms with E-state index in [4.69, 9.17) is 0 Å². The number of amides is 1. The van der Waals surface area contributed by atoms with Crippen molar-refractivity contribution in [2.45, 2.75) is 38.4 Å². The van der Waals surface area contributed by atoms with Crippen LogP contribution in [0.25, 0.3) is 0 Å². The lowest BCUT2D eigenvalue weighted by Gasteiger charge is -2.10. The van der Waals surface area contributed by atoms with Crippen LogP contribution in [0.15, 0.2) is 36.9 Å². The van der Waals surface area contributed by atoms with E-state index >= 15 is 0 Å². The second kappa shape index (κ2) is 7.17. The number of aromatic nitrogens is 3. The van der Waals surface area contributed by atoms with Crippen molar-refractivity contribution in [1.29, 1.82) is 0 Å². The number of benzene rings is 1. The average molecular weight is 299 g/mol. The highest BCUT2D eigenvalue weighted by atomic mass is 16.1. The van der Waals surface area contributed by atoms with E-state index < -0.39 is 0 Å². The standard InChI is InChI=1S/C16H21N5O/c22-16(8-15-2-1-7-18-15)19-9-13-3-5-14(6-4-13)10-21-12-17-11-20-21/h3-6,11-12,15,18H,1-2,7-10H2,(H,19,22). The maximum atomic E-state index is 11.9. The van der Waals surface area contributed by atoms with Crippen LogP contribution in [0.2, 0.25) is 0 Å². The fourth-order valence-corrected chi connectivity index (χ4v) is 2.69. The predicted octanol–water partition coefficient (Wildman–Crippen LogP) is 1.08. The lowest BCUT2D eigenvalue weighted by Crippen LogP contribution is -2.31. The summed E-state index contributed by atoms with van der Waals surface area (Å²) < 4.78 is 1.78. The molecule has 0 aliphatic carbocycles. The van der Waals surface area contributed by atoms with Crippen molar-refractivity contribution in [3.8, 4) is 0 Å². The molecule has 6 heteroatoms. The lowest BCUT2D eigenvalue weighted by molar-refractivity contribution is -0.121. The fraction of sp³-hybridized carbons (Fsp3) is 0.438. The van der Waals surface area contributed by atoms with Gasteiger partial charge < -0.3 is 10.6 Å². The fourth-order valence-electron chi connectivity index (χ4n) is 2.69. The number of carbonyl (C=O) groups is 1. The molecule has 0 radical (unpaired) electrons. The first-order valence-electron chi connectivity index (χ1n) is 7.70. The van der Waals surface area contributed by atoms with Gasteiger partial charge in [-0.05, 0) is 30.5 Å². The van der Waals surface area contributed by atoms with E-state index in [2.05, 4.69) is 32.8 Å². The van der Waals surface area contributed by atoms with Crippen molar-refractivity contribution in [2.75, 3.05) is 6.54 Å². The van der Waals surface area contributed by atoms with Crippen molar-refractivity contribution in [2.24, 2.45) is 0 Å². The highest BCUT2D eigenvalue weighted by molar-refractivity contribution is 5.76. The number of rotatable bonds is 6. The Hall–Kier alpha value is -2.21. The first-order chi connectivity index (χ1) is 10.8. The number of nitrogens with zero attached hydrogens (tertiary/aromatic N) is 3. The normalized spacial score (nSPS) is 17.5. The lowest BCUT2D eigenvalue weighted by atomic mass is 10.1. The number of nitrogens with one attached hydrogen (secondary N) is 2. The summed E-state index contributed by atoms with van der Waals surface area (Å²) in [5, 5.41) is 10.4. The minimum absolute atomic E-state index is 0.117. The van der Waals surface area contributed by atoms with Crippen LogP contribution in [0, 0.1) is 0 Å². The summed E-state index contributed by atoms with van der Waals surface area (Å²) in [6, 6.07) is 8.55. The van der Waals surface area contributed by atoms with Gasteiger partial charge in [0, 0.05) is 19.0 Å². The quantitative estimate of drug-likeness (QED) is 0.837. The van der Waals surface area contributed by atoms with Crippen LogP contribution >= 0.6 is 0 Å². The van der Waals surface area contributed by atoms with Crippen LogP contribution in [0.4, 0.5) is 0 Å². The third-order valence-electron chi connectivity index (χ3n) is 3.92. The molecule has 1 amide bonds. The van der Waals surface area contributed by atoms with Gasteiger partial charge in [0.25, 0.3) is 0 Å². The molecule has 2 aromatic rings. The van der Waals surface area contributed by atoms with Gasteiger partial charge in [-0.1, -0.05) is 24.3 Å². The van der Waals surface area contributed by atoms with Crippen molar-refractivity contribution in [3.05, 3.63) is 48.0 Å². The van der Waals surface area contributed by atoms with E-state index in [1.165, 1.54) is 12.7 Å². The molecule has 2 N–H and O–H groups in total. The number of hydrogen-bond acceptors (Lipinski definition) is 4. The summed E-state index contributed by atoms with van der Waals surface area (Å²) in [6.07, 6.45) is 6.08. The second-order valence-corrected chi connectivity index (χ2v) is 5.68. The van der Waals surface area contributed by atoms with E-state index in [1.807, 2.05) is 12.1 Å². The number of hydrogen-bond donors (Lipinski definition) is 2. The molecule has 0 bridgehead atoms. The average Bonchev–Trinajstić information content (AvgIpc) is 3.20. The zero-order valence-electron chi connectivity index (χ0n) is 12.5. The molecule has 116 valence electrons. The molecule has 0 saturated carbocycles. The number of carbonyl (C=O) groups excluding carboxylic acids is 1. The largest absolute Gasteiger partial charge is 0.352 e. The van der Waals surface area contributed by atoms with Gasteiger partial charge >= 0.3 is 0 Å². The maximum Gasteiger partial charge on any atom is 0.221 e. The SMILES string of the molecule is O=C(CC1CCCN1)NCc1ccc(Cn2cncn2)cc1. The topological polar surface area (TPSA) is 71.8 Å². The van der Waals surface area contributed by atoms with E-state index in [0.29, 0.717) is 25.6 Å². The minimum atomic E-state index is 0.117. The molecule has 2 heterocycles. The van der Waals surface area contributed by atoms with Crippen LogP contribution in [-0.2, 0) is 17.9 Å². The van der Waals surface area contributed by atoms with Gasteiger partial charge in [0.15, 0.2) is 0 Å². The van der Waals surface area contributed by atoms with Gasteiger partial charge in [-0.3, -0.25) is 4.79 Å². The van der Waals surface area contributed by atoms with Gasteiger partial charge in [-0.2, -0.15) is 5.10 Å². The van der Waals surface area contributed by atoms with Crippen molar-refractivity contribution >= 4 is 5.91 Å². The third kappa shape index (κ3) is 4.14. The van der Waals surface area contributed by atoms with Crippen molar-refractivity contribution in [3.63, 3.8) is 0 Å². The molecule has 1 aliphatic heterocycles. The van der Waals surface area contributed by atoms with Crippen molar-refractivity contribution in [1.82, 2.24) is 25.4 Å². The Morgan fingerprint density at radius 1 is 1.32 bits per heavy atom. The Labute approximate surface area is 129 Å². The summed E-state index contributed by atoms with van der Waals surface area (Å²) in [4.78, 5) is 15.8. The molecular weight excluding hydrogens is 278 g/mol. The Morgan fingerprint density at radius 3 is 2.82 bits per heavy atom. The van der Waals surface area contributed by atoms with E-state index in [1.54, 1.807) is 11.0 Å². The van der Waals surface area contributed by atoms with Crippen LogP contribution in [0.3, 0.4) is 0 Å². The highest BCUT2D eigenvalue weighted by Crippen LogP contribution is 2.09. The van der Waals surface area contributed by atoms with Gasteiger partial charge in [0.2, 0.25) is 5.91 Å². The minimum Gasteiger partial charge on any atom is -0.352 e. The van der Waals surface area contributed by atoms with E-state index in [9.17, 15) is 4.79 Å².